The Kier molecular flexibility index (Phi) is 4.29. The Hall–Kier alpha value is -2.76. The summed E-state index contributed by atoms with van der Waals surface area (Å²) < 4.78 is 0. The second-order valence-electron chi connectivity index (χ2n) is 5.86. The predicted molar refractivity (Wildman–Crippen MR) is 91.3 cm³/mol. The van der Waals surface area contributed by atoms with Crippen molar-refractivity contribution in [2.24, 2.45) is 0 Å². The molecule has 1 N–H and O–H groups in total. The molecular weight excluding hydrogens is 306 g/mol. The smallest absolute Gasteiger partial charge is 0.197 e. The second-order valence-corrected chi connectivity index (χ2v) is 5.86. The van der Waals surface area contributed by atoms with Crippen molar-refractivity contribution in [3.8, 4) is 0 Å². The standard InChI is InChI=1S/C19H17NO4/c1-20(2)14-6-3-12(4-7-14)9-17-18(21)15-8-5-13(11-24-23)10-16(15)19(17)22/h3-10,23H,11H2,1-2H3/b17-9+. The minimum atomic E-state index is -0.300. The Morgan fingerprint density at radius 1 is 1.00 bits per heavy atom. The number of nitrogens with zero attached hydrogens (tertiary/aromatic N) is 1. The van der Waals surface area contributed by atoms with Crippen molar-refractivity contribution in [3.05, 3.63) is 70.3 Å². The molecule has 3 rings (SSSR count). The van der Waals surface area contributed by atoms with Crippen molar-refractivity contribution in [3.63, 3.8) is 0 Å². The molecule has 0 atom stereocenters. The van der Waals surface area contributed by atoms with E-state index >= 15 is 0 Å². The first-order chi connectivity index (χ1) is 11.5. The van der Waals surface area contributed by atoms with E-state index in [2.05, 4.69) is 4.89 Å². The van der Waals surface area contributed by atoms with Crippen LogP contribution in [0, 0.1) is 0 Å². The molecule has 2 aromatic carbocycles. The van der Waals surface area contributed by atoms with Gasteiger partial charge in [-0.2, -0.15) is 0 Å². The summed E-state index contributed by atoms with van der Waals surface area (Å²) >= 11 is 0. The lowest BCUT2D eigenvalue weighted by atomic mass is 10.1. The van der Waals surface area contributed by atoms with Crippen LogP contribution in [0.25, 0.3) is 6.08 Å². The molecule has 0 aromatic heterocycles. The largest absolute Gasteiger partial charge is 0.378 e. The monoisotopic (exact) mass is 323 g/mol. The van der Waals surface area contributed by atoms with E-state index in [-0.39, 0.29) is 23.7 Å². The molecule has 24 heavy (non-hydrogen) atoms. The van der Waals surface area contributed by atoms with E-state index in [1.807, 2.05) is 43.3 Å². The first-order valence-corrected chi connectivity index (χ1v) is 7.49. The molecule has 1 aliphatic rings. The summed E-state index contributed by atoms with van der Waals surface area (Å²) in [6, 6.07) is 12.4. The van der Waals surface area contributed by atoms with Gasteiger partial charge in [-0.25, -0.2) is 4.89 Å². The van der Waals surface area contributed by atoms with E-state index in [0.29, 0.717) is 16.7 Å². The van der Waals surface area contributed by atoms with Crippen LogP contribution in [0.2, 0.25) is 0 Å². The number of ketones is 2. The van der Waals surface area contributed by atoms with Crippen LogP contribution in [0.1, 0.15) is 31.8 Å². The van der Waals surface area contributed by atoms with E-state index < -0.39 is 0 Å². The van der Waals surface area contributed by atoms with Crippen LogP contribution in [-0.4, -0.2) is 30.9 Å². The van der Waals surface area contributed by atoms with Gasteiger partial charge in [0.05, 0.1) is 5.57 Å². The first-order valence-electron chi connectivity index (χ1n) is 7.49. The number of hydrogen-bond donors (Lipinski definition) is 1. The average Bonchev–Trinajstić information content (AvgIpc) is 2.80. The van der Waals surface area contributed by atoms with Crippen LogP contribution in [0.4, 0.5) is 5.69 Å². The number of rotatable bonds is 4. The summed E-state index contributed by atoms with van der Waals surface area (Å²) in [5.41, 5.74) is 3.37. The molecule has 1 aliphatic carbocycles. The zero-order chi connectivity index (χ0) is 17.3. The highest BCUT2D eigenvalue weighted by Crippen LogP contribution is 2.29. The van der Waals surface area contributed by atoms with Gasteiger partial charge < -0.3 is 4.90 Å². The second kappa shape index (κ2) is 6.39. The van der Waals surface area contributed by atoms with Gasteiger partial charge in [-0.15, -0.1) is 0 Å². The maximum Gasteiger partial charge on any atom is 0.197 e. The summed E-state index contributed by atoms with van der Waals surface area (Å²) in [7, 11) is 3.89. The predicted octanol–water partition coefficient (Wildman–Crippen LogP) is 3.20. The molecule has 0 aliphatic heterocycles. The SMILES string of the molecule is CN(C)c1ccc(/C=C2\C(=O)c3ccc(COO)cc3C2=O)cc1. The number of fused-ring (bicyclic) bond motifs is 1. The highest BCUT2D eigenvalue weighted by Gasteiger charge is 2.33. The zero-order valence-corrected chi connectivity index (χ0v) is 13.4. The normalized spacial score (nSPS) is 15.0. The molecule has 2 aromatic rings. The maximum absolute atomic E-state index is 12.5. The Bertz CT molecular complexity index is 835. The van der Waals surface area contributed by atoms with Crippen LogP contribution < -0.4 is 4.90 Å². The third-order valence-corrected chi connectivity index (χ3v) is 4.01. The zero-order valence-electron chi connectivity index (χ0n) is 13.4. The van der Waals surface area contributed by atoms with Gasteiger partial charge in [0.1, 0.15) is 6.61 Å². The van der Waals surface area contributed by atoms with E-state index in [4.69, 9.17) is 5.26 Å². The van der Waals surface area contributed by atoms with E-state index in [1.54, 1.807) is 24.3 Å². The number of hydrogen-bond acceptors (Lipinski definition) is 5. The third-order valence-electron chi connectivity index (χ3n) is 4.01. The quantitative estimate of drug-likeness (QED) is 0.405. The fourth-order valence-electron chi connectivity index (χ4n) is 2.70. The van der Waals surface area contributed by atoms with Gasteiger partial charge in [0.2, 0.25) is 0 Å². The highest BCUT2D eigenvalue weighted by molar-refractivity contribution is 6.41. The fourth-order valence-corrected chi connectivity index (χ4v) is 2.70. The van der Waals surface area contributed by atoms with Crippen LogP contribution in [0.3, 0.4) is 0 Å². The van der Waals surface area contributed by atoms with Gasteiger partial charge in [0.15, 0.2) is 11.6 Å². The van der Waals surface area contributed by atoms with E-state index in [1.165, 1.54) is 0 Å². The maximum atomic E-state index is 12.5. The number of anilines is 1. The third kappa shape index (κ3) is 2.87. The summed E-state index contributed by atoms with van der Waals surface area (Å²) in [4.78, 5) is 31.1. The molecule has 0 radical (unpaired) electrons. The van der Waals surface area contributed by atoms with Crippen LogP contribution in [-0.2, 0) is 11.5 Å². The topological polar surface area (TPSA) is 66.8 Å². The molecule has 0 bridgehead atoms. The van der Waals surface area contributed by atoms with Crippen LogP contribution in [0.15, 0.2) is 48.0 Å². The van der Waals surface area contributed by atoms with Crippen molar-refractivity contribution >= 4 is 23.3 Å². The Morgan fingerprint density at radius 3 is 2.29 bits per heavy atom. The number of allylic oxidation sites excluding steroid dienone is 1. The molecule has 0 unspecified atom stereocenters. The highest BCUT2D eigenvalue weighted by atomic mass is 17.1. The van der Waals surface area contributed by atoms with Crippen molar-refractivity contribution in [2.45, 2.75) is 6.61 Å². The molecule has 5 heteroatoms. The van der Waals surface area contributed by atoms with Crippen molar-refractivity contribution in [2.75, 3.05) is 19.0 Å². The molecular formula is C19H17NO4. The summed E-state index contributed by atoms with van der Waals surface area (Å²) in [5.74, 6) is -0.574. The number of carbonyl (C=O) groups excluding carboxylic acids is 2. The summed E-state index contributed by atoms with van der Waals surface area (Å²) in [5, 5.41) is 8.53. The van der Waals surface area contributed by atoms with Crippen molar-refractivity contribution < 1.29 is 19.7 Å². The number of carbonyl (C=O) groups is 2. The van der Waals surface area contributed by atoms with Crippen molar-refractivity contribution in [1.29, 1.82) is 0 Å². The Labute approximate surface area is 139 Å². The van der Waals surface area contributed by atoms with Gasteiger partial charge >= 0.3 is 0 Å². The minimum Gasteiger partial charge on any atom is -0.378 e. The van der Waals surface area contributed by atoms with Gasteiger partial charge in [0.25, 0.3) is 0 Å². The molecule has 0 amide bonds. The lowest BCUT2D eigenvalue weighted by Gasteiger charge is -2.11. The van der Waals surface area contributed by atoms with E-state index in [9.17, 15) is 9.59 Å². The molecule has 0 spiro atoms. The number of benzene rings is 2. The fraction of sp³-hybridized carbons (Fsp3) is 0.158. The summed E-state index contributed by atoms with van der Waals surface area (Å²) in [6.45, 7) is -0.0280. The molecule has 0 saturated heterocycles. The van der Waals surface area contributed by atoms with E-state index in [0.717, 1.165) is 11.3 Å². The van der Waals surface area contributed by atoms with Crippen molar-refractivity contribution in [1.82, 2.24) is 0 Å². The molecule has 0 saturated carbocycles. The molecule has 0 heterocycles. The Balaban J connectivity index is 1.95. The van der Waals surface area contributed by atoms with Gasteiger partial charge in [0, 0.05) is 30.9 Å². The van der Waals surface area contributed by atoms with Gasteiger partial charge in [-0.3, -0.25) is 14.8 Å². The number of Topliss-reactive ketones (excluding diaryl/α,β-unsaturated/α-hetero) is 2. The first kappa shape index (κ1) is 16.1. The molecule has 5 nitrogen and oxygen atoms in total. The van der Waals surface area contributed by atoms with Gasteiger partial charge in [-0.1, -0.05) is 18.2 Å². The van der Waals surface area contributed by atoms with Gasteiger partial charge in [-0.05, 0) is 41.5 Å². The minimum absolute atomic E-state index is 0.0280. The summed E-state index contributed by atoms with van der Waals surface area (Å²) in [6.07, 6.45) is 1.62. The molecule has 0 fully saturated rings. The lowest BCUT2D eigenvalue weighted by molar-refractivity contribution is -0.253. The Morgan fingerprint density at radius 2 is 1.67 bits per heavy atom. The average molecular weight is 323 g/mol. The molecule has 122 valence electrons. The van der Waals surface area contributed by atoms with Crippen LogP contribution >= 0.6 is 0 Å². The lowest BCUT2D eigenvalue weighted by Crippen LogP contribution is -2.08. The van der Waals surface area contributed by atoms with Crippen LogP contribution in [0.5, 0.6) is 0 Å².